The van der Waals surface area contributed by atoms with Gasteiger partial charge in [0.25, 0.3) is 0 Å². The topological polar surface area (TPSA) is 0 Å². The molecule has 0 aliphatic carbocycles. The highest BCUT2D eigenvalue weighted by molar-refractivity contribution is 4.12. The average molecular weight is 208 g/mol. The van der Waals surface area contributed by atoms with E-state index in [-0.39, 0.29) is 0 Å². The third-order valence-electron chi connectivity index (χ3n) is 0.500. The van der Waals surface area contributed by atoms with Crippen molar-refractivity contribution < 1.29 is 2.74 Å². The van der Waals surface area contributed by atoms with E-state index >= 15 is 0 Å². The lowest BCUT2D eigenvalue weighted by atomic mass is 10.4. The molecule has 0 N–H and O–H groups in total. The molecule has 0 heterocycles. The van der Waals surface area contributed by atoms with Crippen LogP contribution in [0.4, 0.5) is 0 Å². The van der Waals surface area contributed by atoms with E-state index in [1.807, 2.05) is 27.7 Å². The predicted octanol–water partition coefficient (Wildman–Crippen LogP) is 6.69. The van der Waals surface area contributed by atoms with E-state index in [0.717, 1.165) is 0 Å². The molecule has 0 saturated heterocycles. The smallest absolute Gasteiger partial charge is 0.0261 e. The minimum atomic E-state index is -1.00. The minimum Gasteiger partial charge on any atom is -0.0683 e. The van der Waals surface area contributed by atoms with Crippen molar-refractivity contribution in [2.24, 2.45) is 0 Å². The minimum absolute atomic E-state index is 1.00. The van der Waals surface area contributed by atoms with Gasteiger partial charge in [0.15, 0.2) is 0 Å². The molecule has 94 valence electrons. The Labute approximate surface area is 98.3 Å². The average Bonchev–Trinajstić information content (AvgIpc) is 2.22. The van der Waals surface area contributed by atoms with Crippen LogP contribution in [0.5, 0.6) is 0 Å². The van der Waals surface area contributed by atoms with Crippen molar-refractivity contribution in [1.29, 1.82) is 0 Å². The molecule has 0 aliphatic heterocycles. The quantitative estimate of drug-likeness (QED) is 0.450. The van der Waals surface area contributed by atoms with E-state index in [1.165, 1.54) is 33.1 Å². The molecule has 0 aliphatic rings. The summed E-state index contributed by atoms with van der Waals surface area (Å²) in [4.78, 5) is 0. The van der Waals surface area contributed by atoms with Gasteiger partial charge < -0.3 is 0 Å². The van der Waals surface area contributed by atoms with Gasteiger partial charge in [-0.1, -0.05) is 94.9 Å². The summed E-state index contributed by atoms with van der Waals surface area (Å²) in [5.74, 6) is 0. The highest BCUT2D eigenvalue weighted by Gasteiger charge is 1.56. The molecule has 0 rings (SSSR count). The van der Waals surface area contributed by atoms with Crippen LogP contribution in [-0.2, 0) is 0 Å². The standard InChI is InChI=1S/C4H10.2C3H8.2C2H6/c1-3-4-2;2*1-3-2;2*1-2/h3-4H2,1-2H3;2*3H2,1-2H3;2*1-2H3/i;3D2;;;. The third-order valence-corrected chi connectivity index (χ3v) is 0.500. The van der Waals surface area contributed by atoms with E-state index in [0.29, 0.717) is 0 Å². The summed E-state index contributed by atoms with van der Waals surface area (Å²) in [6.07, 6.45) is 2.89. The predicted molar refractivity (Wildman–Crippen MR) is 75.2 cm³/mol. The van der Waals surface area contributed by atoms with Crippen LogP contribution in [0.3, 0.4) is 0 Å². The van der Waals surface area contributed by atoms with E-state index < -0.39 is 6.37 Å². The Kier molecular flexibility index (Phi) is 163. The second-order valence-electron chi connectivity index (χ2n) is 2.21. The van der Waals surface area contributed by atoms with Gasteiger partial charge in [0.2, 0.25) is 0 Å². The zero-order valence-corrected chi connectivity index (χ0v) is 12.6. The van der Waals surface area contributed by atoms with Gasteiger partial charge in [-0.2, -0.15) is 0 Å². The normalized spacial score (nSPS) is 8.71. The van der Waals surface area contributed by atoms with Gasteiger partial charge in [0, 0.05) is 2.74 Å². The Morgan fingerprint density at radius 3 is 0.714 bits per heavy atom. The molecule has 0 aromatic heterocycles. The van der Waals surface area contributed by atoms with Gasteiger partial charge in [-0.15, -0.1) is 0 Å². The molecule has 0 nitrogen and oxygen atoms in total. The molecule has 0 fully saturated rings. The highest BCUT2D eigenvalue weighted by Crippen LogP contribution is 1.76. The first-order valence-corrected chi connectivity index (χ1v) is 6.33. The lowest BCUT2D eigenvalue weighted by Gasteiger charge is -1.68. The summed E-state index contributed by atoms with van der Waals surface area (Å²) in [5.41, 5.74) is 0. The Bertz CT molecular complexity index is 48.2. The number of hydrogen-bond acceptors (Lipinski definition) is 0. The maximum atomic E-state index is 6.60. The van der Waals surface area contributed by atoms with Crippen molar-refractivity contribution in [3.05, 3.63) is 0 Å². The van der Waals surface area contributed by atoms with Crippen LogP contribution in [0.15, 0.2) is 0 Å². The fourth-order valence-corrected chi connectivity index (χ4v) is 0. The zero-order chi connectivity index (χ0) is 14.6. The Morgan fingerprint density at radius 2 is 0.714 bits per heavy atom. The first kappa shape index (κ1) is 19.6. The van der Waals surface area contributed by atoms with Crippen LogP contribution >= 0.6 is 0 Å². The summed E-state index contributed by atoms with van der Waals surface area (Å²) in [6, 6.07) is 0. The lowest BCUT2D eigenvalue weighted by Crippen LogP contribution is -1.47. The maximum Gasteiger partial charge on any atom is 0.0261 e. The molecular formula is C14H38. The molecule has 0 saturated carbocycles. The molecule has 0 spiro atoms. The zero-order valence-electron chi connectivity index (χ0n) is 14.6. The molecular weight excluding hydrogens is 168 g/mol. The van der Waals surface area contributed by atoms with Gasteiger partial charge in [-0.25, -0.2) is 0 Å². The largest absolute Gasteiger partial charge is 0.0683 e. The second kappa shape index (κ2) is 117. The van der Waals surface area contributed by atoms with Crippen molar-refractivity contribution in [2.75, 3.05) is 0 Å². The fourth-order valence-electron chi connectivity index (χ4n) is 0. The third kappa shape index (κ3) is 1450. The van der Waals surface area contributed by atoms with Crippen molar-refractivity contribution in [3.8, 4) is 0 Å². The first-order valence-electron chi connectivity index (χ1n) is 7.33. The van der Waals surface area contributed by atoms with Crippen molar-refractivity contribution in [1.82, 2.24) is 0 Å². The summed E-state index contributed by atoms with van der Waals surface area (Å²) >= 11 is 0. The van der Waals surface area contributed by atoms with Gasteiger partial charge >= 0.3 is 0 Å². The molecule has 0 heteroatoms. The van der Waals surface area contributed by atoms with Gasteiger partial charge in [0.1, 0.15) is 0 Å². The van der Waals surface area contributed by atoms with E-state index in [2.05, 4.69) is 27.7 Å². The Hall–Kier alpha value is 0. The van der Waals surface area contributed by atoms with Crippen LogP contribution < -0.4 is 0 Å². The molecule has 0 unspecified atom stereocenters. The molecule has 0 aromatic carbocycles. The molecule has 0 bridgehead atoms. The van der Waals surface area contributed by atoms with E-state index in [9.17, 15) is 0 Å². The second-order valence-corrected chi connectivity index (χ2v) is 2.21. The van der Waals surface area contributed by atoms with Crippen molar-refractivity contribution in [3.63, 3.8) is 0 Å². The van der Waals surface area contributed by atoms with Crippen LogP contribution in [0.2, 0.25) is 0 Å². The number of hydrogen-bond donors (Lipinski definition) is 0. The monoisotopic (exact) mass is 208 g/mol. The van der Waals surface area contributed by atoms with Crippen molar-refractivity contribution in [2.45, 2.75) is 94.9 Å². The van der Waals surface area contributed by atoms with Crippen molar-refractivity contribution >= 4 is 0 Å². The lowest BCUT2D eigenvalue weighted by molar-refractivity contribution is 0.886. The summed E-state index contributed by atoms with van der Waals surface area (Å²) in [6.45, 7) is 19.7. The van der Waals surface area contributed by atoms with E-state index in [1.54, 1.807) is 0 Å². The Morgan fingerprint density at radius 1 is 0.643 bits per heavy atom. The number of unbranched alkanes of at least 4 members (excludes halogenated alkanes) is 1. The SMILES string of the molecule is CC.CC.CCC.CCCC.[2H]C([2H])(C)C. The molecule has 0 amide bonds. The van der Waals surface area contributed by atoms with Gasteiger partial charge in [-0.05, 0) is 0 Å². The van der Waals surface area contributed by atoms with Crippen LogP contribution in [0.1, 0.15) is 97.6 Å². The summed E-state index contributed by atoms with van der Waals surface area (Å²) < 4.78 is 13.2. The summed E-state index contributed by atoms with van der Waals surface area (Å²) in [7, 11) is 0. The molecule has 0 radical (unpaired) electrons. The fraction of sp³-hybridized carbons (Fsp3) is 1.00. The van der Waals surface area contributed by atoms with Crippen LogP contribution in [0.25, 0.3) is 0 Å². The van der Waals surface area contributed by atoms with Gasteiger partial charge in [0.05, 0.1) is 0 Å². The Balaban J connectivity index is -0.0000000334. The van der Waals surface area contributed by atoms with E-state index in [4.69, 9.17) is 2.74 Å². The highest BCUT2D eigenvalue weighted by atomic mass is 13.6. The van der Waals surface area contributed by atoms with Gasteiger partial charge in [-0.3, -0.25) is 0 Å². The maximum absolute atomic E-state index is 6.60. The number of rotatable bonds is 1. The van der Waals surface area contributed by atoms with Crippen LogP contribution in [-0.4, -0.2) is 0 Å². The molecule has 0 atom stereocenters. The molecule has 14 heavy (non-hydrogen) atoms. The first-order chi connectivity index (χ1) is 7.33. The van der Waals surface area contributed by atoms with Crippen LogP contribution in [0, 0.1) is 0 Å². The molecule has 0 aromatic rings. The summed E-state index contributed by atoms with van der Waals surface area (Å²) in [5, 5.41) is 0.